The molecule has 1 atom stereocenters. The Morgan fingerprint density at radius 3 is 2.81 bits per heavy atom. The predicted molar refractivity (Wildman–Crippen MR) is 102 cm³/mol. The number of thiophene rings is 1. The van der Waals surface area contributed by atoms with Gasteiger partial charge in [-0.2, -0.15) is 0 Å². The van der Waals surface area contributed by atoms with E-state index in [-0.39, 0.29) is 12.1 Å². The molecule has 6 nitrogen and oxygen atoms in total. The molecule has 0 aliphatic carbocycles. The summed E-state index contributed by atoms with van der Waals surface area (Å²) in [5, 5.41) is 5.02. The highest BCUT2D eigenvalue weighted by molar-refractivity contribution is 7.10. The van der Waals surface area contributed by atoms with Gasteiger partial charge in [-0.25, -0.2) is 4.79 Å². The fourth-order valence-electron chi connectivity index (χ4n) is 3.77. The normalized spacial score (nSPS) is 19.8. The zero-order valence-electron chi connectivity index (χ0n) is 15.5. The molecule has 2 fully saturated rings. The van der Waals surface area contributed by atoms with Crippen LogP contribution < -0.4 is 5.32 Å². The molecule has 2 aliphatic heterocycles. The van der Waals surface area contributed by atoms with Crippen LogP contribution in [0.5, 0.6) is 0 Å². The number of methoxy groups -OCH3 is 1. The second-order valence-electron chi connectivity index (χ2n) is 7.13. The molecule has 3 amide bonds. The van der Waals surface area contributed by atoms with E-state index in [1.807, 2.05) is 27.3 Å². The Kier molecular flexibility index (Phi) is 6.91. The van der Waals surface area contributed by atoms with Crippen molar-refractivity contribution in [2.24, 2.45) is 5.92 Å². The lowest BCUT2D eigenvalue weighted by atomic mass is 9.93. The quantitative estimate of drug-likeness (QED) is 0.792. The van der Waals surface area contributed by atoms with Gasteiger partial charge in [0, 0.05) is 44.6 Å². The van der Waals surface area contributed by atoms with Crippen molar-refractivity contribution in [2.75, 3.05) is 39.8 Å². The molecular formula is C19H29N3O3S. The Morgan fingerprint density at radius 1 is 1.38 bits per heavy atom. The van der Waals surface area contributed by atoms with Gasteiger partial charge < -0.3 is 19.9 Å². The number of likely N-dealkylation sites (tertiary alicyclic amines) is 2. The monoisotopic (exact) mass is 379 g/mol. The van der Waals surface area contributed by atoms with E-state index in [2.05, 4.69) is 5.32 Å². The number of urea groups is 1. The lowest BCUT2D eigenvalue weighted by Crippen LogP contribution is -2.45. The average Bonchev–Trinajstić information content (AvgIpc) is 3.33. The van der Waals surface area contributed by atoms with E-state index in [0.29, 0.717) is 24.8 Å². The molecule has 0 saturated carbocycles. The molecule has 3 rings (SSSR count). The molecule has 1 aromatic rings. The van der Waals surface area contributed by atoms with Crippen LogP contribution in [0, 0.1) is 5.92 Å². The number of piperidine rings is 1. The third-order valence-electron chi connectivity index (χ3n) is 5.46. The zero-order chi connectivity index (χ0) is 18.4. The number of hydrogen-bond acceptors (Lipinski definition) is 4. The van der Waals surface area contributed by atoms with Crippen molar-refractivity contribution in [2.45, 2.75) is 38.2 Å². The summed E-state index contributed by atoms with van der Waals surface area (Å²) in [5.41, 5.74) is 0. The number of carbonyl (C=O) groups excluding carboxylic acids is 2. The number of amides is 3. The van der Waals surface area contributed by atoms with E-state index in [9.17, 15) is 9.59 Å². The molecule has 144 valence electrons. The Balaban J connectivity index is 1.36. The fourth-order valence-corrected chi connectivity index (χ4v) is 4.57. The largest absolute Gasteiger partial charge is 0.374 e. The number of nitrogens with one attached hydrogen (secondary N) is 1. The molecule has 2 aliphatic rings. The Bertz CT molecular complexity index is 585. The highest BCUT2D eigenvalue weighted by atomic mass is 32.1. The number of ether oxygens (including phenoxy) is 1. The predicted octanol–water partition coefficient (Wildman–Crippen LogP) is 2.87. The number of rotatable bonds is 7. The number of hydrogen-bond donors (Lipinski definition) is 1. The summed E-state index contributed by atoms with van der Waals surface area (Å²) in [6, 6.07) is 4.02. The second kappa shape index (κ2) is 9.37. The molecular weight excluding hydrogens is 350 g/mol. The van der Waals surface area contributed by atoms with Crippen molar-refractivity contribution >= 4 is 23.3 Å². The molecule has 0 aromatic carbocycles. The lowest BCUT2D eigenvalue weighted by Gasteiger charge is -2.33. The van der Waals surface area contributed by atoms with Crippen LogP contribution in [-0.4, -0.2) is 61.6 Å². The van der Waals surface area contributed by atoms with Crippen LogP contribution in [0.25, 0.3) is 0 Å². The van der Waals surface area contributed by atoms with Gasteiger partial charge in [-0.1, -0.05) is 6.07 Å². The first-order valence-corrected chi connectivity index (χ1v) is 10.4. The maximum Gasteiger partial charge on any atom is 0.317 e. The van der Waals surface area contributed by atoms with Crippen molar-refractivity contribution in [1.82, 2.24) is 15.1 Å². The van der Waals surface area contributed by atoms with E-state index >= 15 is 0 Å². The summed E-state index contributed by atoms with van der Waals surface area (Å²) < 4.78 is 5.48. The minimum Gasteiger partial charge on any atom is -0.374 e. The zero-order valence-corrected chi connectivity index (χ0v) is 16.3. The third-order valence-corrected chi connectivity index (χ3v) is 6.43. The topological polar surface area (TPSA) is 61.9 Å². The SMILES string of the molecule is CO[C@H](CNC(=O)N1CCC(CCN2CCCC2=O)CC1)c1cccs1. The molecule has 0 radical (unpaired) electrons. The van der Waals surface area contributed by atoms with Crippen molar-refractivity contribution in [3.63, 3.8) is 0 Å². The number of carbonyl (C=O) groups is 2. The number of nitrogens with zero attached hydrogens (tertiary/aromatic N) is 2. The van der Waals surface area contributed by atoms with Gasteiger partial charge in [0.25, 0.3) is 0 Å². The maximum atomic E-state index is 12.4. The Labute approximate surface area is 159 Å². The van der Waals surface area contributed by atoms with E-state index in [1.165, 1.54) is 0 Å². The standard InChI is InChI=1S/C19H29N3O3S/c1-25-16(17-4-3-13-26-17)14-20-19(24)22-11-7-15(8-12-22)6-10-21-9-2-5-18(21)23/h3-4,13,15-16H,2,5-12,14H2,1H3,(H,20,24)/t16-/m1/s1. The molecule has 0 bridgehead atoms. The minimum absolute atomic E-state index is 0.00298. The summed E-state index contributed by atoms with van der Waals surface area (Å²) >= 11 is 1.64. The van der Waals surface area contributed by atoms with Gasteiger partial charge >= 0.3 is 6.03 Å². The molecule has 1 aromatic heterocycles. The summed E-state index contributed by atoms with van der Waals surface area (Å²) in [4.78, 5) is 29.1. The molecule has 7 heteroatoms. The molecule has 0 unspecified atom stereocenters. The second-order valence-corrected chi connectivity index (χ2v) is 8.11. The Hall–Kier alpha value is -1.60. The average molecular weight is 380 g/mol. The van der Waals surface area contributed by atoms with Gasteiger partial charge in [-0.15, -0.1) is 11.3 Å². The van der Waals surface area contributed by atoms with Crippen LogP contribution in [0.4, 0.5) is 4.79 Å². The van der Waals surface area contributed by atoms with Crippen molar-refractivity contribution in [3.05, 3.63) is 22.4 Å². The fraction of sp³-hybridized carbons (Fsp3) is 0.684. The molecule has 3 heterocycles. The first-order valence-electron chi connectivity index (χ1n) is 9.54. The van der Waals surface area contributed by atoms with Gasteiger partial charge in [0.05, 0.1) is 6.54 Å². The molecule has 2 saturated heterocycles. The first kappa shape index (κ1) is 19.2. The van der Waals surface area contributed by atoms with E-state index in [4.69, 9.17) is 4.74 Å². The highest BCUT2D eigenvalue weighted by Gasteiger charge is 2.25. The molecule has 0 spiro atoms. The van der Waals surface area contributed by atoms with Crippen LogP contribution in [-0.2, 0) is 9.53 Å². The summed E-state index contributed by atoms with van der Waals surface area (Å²) in [6.45, 7) is 3.88. The summed E-state index contributed by atoms with van der Waals surface area (Å²) in [5.74, 6) is 0.922. The summed E-state index contributed by atoms with van der Waals surface area (Å²) in [7, 11) is 1.67. The lowest BCUT2D eigenvalue weighted by molar-refractivity contribution is -0.127. The van der Waals surface area contributed by atoms with Crippen LogP contribution in [0.2, 0.25) is 0 Å². The van der Waals surface area contributed by atoms with E-state index in [0.717, 1.165) is 56.7 Å². The van der Waals surface area contributed by atoms with E-state index in [1.54, 1.807) is 18.4 Å². The van der Waals surface area contributed by atoms with Crippen molar-refractivity contribution < 1.29 is 14.3 Å². The van der Waals surface area contributed by atoms with Crippen LogP contribution >= 0.6 is 11.3 Å². The highest BCUT2D eigenvalue weighted by Crippen LogP contribution is 2.23. The molecule has 1 N–H and O–H groups in total. The summed E-state index contributed by atoms with van der Waals surface area (Å²) in [6.07, 6.45) is 4.74. The van der Waals surface area contributed by atoms with E-state index < -0.39 is 0 Å². The van der Waals surface area contributed by atoms with Crippen LogP contribution in [0.3, 0.4) is 0 Å². The van der Waals surface area contributed by atoms with Crippen LogP contribution in [0.15, 0.2) is 17.5 Å². The first-order chi connectivity index (χ1) is 12.7. The van der Waals surface area contributed by atoms with Gasteiger partial charge in [0.15, 0.2) is 0 Å². The van der Waals surface area contributed by atoms with Gasteiger partial charge in [-0.05, 0) is 43.0 Å². The maximum absolute atomic E-state index is 12.4. The van der Waals surface area contributed by atoms with Crippen LogP contribution in [0.1, 0.15) is 43.1 Å². The third kappa shape index (κ3) is 4.98. The van der Waals surface area contributed by atoms with Gasteiger partial charge in [-0.3, -0.25) is 4.79 Å². The smallest absolute Gasteiger partial charge is 0.317 e. The van der Waals surface area contributed by atoms with Gasteiger partial charge in [0.1, 0.15) is 6.10 Å². The van der Waals surface area contributed by atoms with Crippen molar-refractivity contribution in [3.8, 4) is 0 Å². The Morgan fingerprint density at radius 2 is 2.19 bits per heavy atom. The van der Waals surface area contributed by atoms with Crippen molar-refractivity contribution in [1.29, 1.82) is 0 Å². The van der Waals surface area contributed by atoms with Gasteiger partial charge in [0.2, 0.25) is 5.91 Å². The minimum atomic E-state index is -0.0884. The molecule has 26 heavy (non-hydrogen) atoms.